The van der Waals surface area contributed by atoms with Crippen LogP contribution in [0.2, 0.25) is 0 Å². The summed E-state index contributed by atoms with van der Waals surface area (Å²) in [4.78, 5) is 12.0. The third-order valence-electron chi connectivity index (χ3n) is 4.16. The van der Waals surface area contributed by atoms with Crippen LogP contribution in [0.3, 0.4) is 0 Å². The zero-order valence-electron chi connectivity index (χ0n) is 13.9. The average molecular weight is 360 g/mol. The van der Waals surface area contributed by atoms with Crippen LogP contribution in [0.4, 0.5) is 10.5 Å². The van der Waals surface area contributed by atoms with Gasteiger partial charge in [0, 0.05) is 18.2 Å². The number of hydrogen-bond donors (Lipinski definition) is 2. The summed E-state index contributed by atoms with van der Waals surface area (Å²) < 4.78 is 27.6. The minimum atomic E-state index is -2.83. The van der Waals surface area contributed by atoms with Gasteiger partial charge in [0.2, 0.25) is 0 Å². The van der Waals surface area contributed by atoms with Crippen molar-refractivity contribution in [3.63, 3.8) is 0 Å². The van der Waals surface area contributed by atoms with E-state index in [2.05, 4.69) is 10.6 Å². The molecule has 6 nitrogen and oxygen atoms in total. The standard InChI is InChI=1S/C18H20N2O4S/c1-24-17-8-2-13(3-9-17)10-19-18(21)20-16-6-4-14(5-7-16)15-11-25(22,23)12-15/h2-9,15H,10-12H2,1H3,(H2,19,20,21). The molecule has 0 radical (unpaired) electrons. The largest absolute Gasteiger partial charge is 0.497 e. The maximum absolute atomic E-state index is 12.0. The van der Waals surface area contributed by atoms with Crippen molar-refractivity contribution in [1.29, 1.82) is 0 Å². The molecule has 2 N–H and O–H groups in total. The highest BCUT2D eigenvalue weighted by molar-refractivity contribution is 7.92. The molecule has 1 aliphatic heterocycles. The molecular weight excluding hydrogens is 340 g/mol. The van der Waals surface area contributed by atoms with Crippen molar-refractivity contribution in [3.8, 4) is 5.75 Å². The molecule has 0 spiro atoms. The number of rotatable bonds is 5. The summed E-state index contributed by atoms with van der Waals surface area (Å²) in [6.07, 6.45) is 0. The Labute approximate surface area is 147 Å². The molecule has 0 aromatic heterocycles. The van der Waals surface area contributed by atoms with Gasteiger partial charge in [-0.05, 0) is 35.4 Å². The van der Waals surface area contributed by atoms with E-state index in [1.165, 1.54) is 0 Å². The lowest BCUT2D eigenvalue weighted by molar-refractivity contribution is 0.251. The predicted molar refractivity (Wildman–Crippen MR) is 96.7 cm³/mol. The number of amides is 2. The summed E-state index contributed by atoms with van der Waals surface area (Å²) in [6.45, 7) is 0.411. The zero-order valence-corrected chi connectivity index (χ0v) is 14.7. The molecular formula is C18H20N2O4S. The van der Waals surface area contributed by atoms with Crippen LogP contribution in [0.5, 0.6) is 5.75 Å². The summed E-state index contributed by atoms with van der Waals surface area (Å²) >= 11 is 0. The van der Waals surface area contributed by atoms with Crippen LogP contribution in [0.15, 0.2) is 48.5 Å². The van der Waals surface area contributed by atoms with Gasteiger partial charge in [0.15, 0.2) is 9.84 Å². The fraction of sp³-hybridized carbons (Fsp3) is 0.278. The van der Waals surface area contributed by atoms with E-state index in [-0.39, 0.29) is 23.5 Å². The first-order valence-electron chi connectivity index (χ1n) is 7.93. The van der Waals surface area contributed by atoms with E-state index in [9.17, 15) is 13.2 Å². The van der Waals surface area contributed by atoms with Gasteiger partial charge in [0.05, 0.1) is 18.6 Å². The number of sulfone groups is 1. The third-order valence-corrected chi connectivity index (χ3v) is 5.98. The summed E-state index contributed by atoms with van der Waals surface area (Å²) in [6, 6.07) is 14.5. The fourth-order valence-electron chi connectivity index (χ4n) is 2.70. The highest BCUT2D eigenvalue weighted by Crippen LogP contribution is 2.29. The quantitative estimate of drug-likeness (QED) is 0.858. The lowest BCUT2D eigenvalue weighted by atomic mass is 10.0. The number of carbonyl (C=O) groups is 1. The van der Waals surface area contributed by atoms with Crippen LogP contribution < -0.4 is 15.4 Å². The summed E-state index contributed by atoms with van der Waals surface area (Å²) in [5.74, 6) is 1.26. The third kappa shape index (κ3) is 4.51. The topological polar surface area (TPSA) is 84.5 Å². The van der Waals surface area contributed by atoms with Gasteiger partial charge in [0.1, 0.15) is 5.75 Å². The maximum Gasteiger partial charge on any atom is 0.319 e. The van der Waals surface area contributed by atoms with Gasteiger partial charge in [-0.25, -0.2) is 13.2 Å². The molecule has 1 saturated heterocycles. The van der Waals surface area contributed by atoms with Crippen LogP contribution in [-0.2, 0) is 16.4 Å². The second kappa shape index (κ2) is 7.14. The van der Waals surface area contributed by atoms with Crippen molar-refractivity contribution in [1.82, 2.24) is 5.32 Å². The first kappa shape index (κ1) is 17.3. The normalized spacial score (nSPS) is 15.9. The van der Waals surface area contributed by atoms with Gasteiger partial charge in [0.25, 0.3) is 0 Å². The van der Waals surface area contributed by atoms with Crippen molar-refractivity contribution in [3.05, 3.63) is 59.7 Å². The Kier molecular flexibility index (Phi) is 4.94. The second-order valence-electron chi connectivity index (χ2n) is 6.05. The molecule has 132 valence electrons. The van der Waals surface area contributed by atoms with Crippen LogP contribution in [0.1, 0.15) is 17.0 Å². The lowest BCUT2D eigenvalue weighted by Crippen LogP contribution is -2.34. The second-order valence-corrected chi connectivity index (χ2v) is 8.21. The van der Waals surface area contributed by atoms with Gasteiger partial charge in [-0.3, -0.25) is 0 Å². The van der Waals surface area contributed by atoms with E-state index in [1.807, 2.05) is 36.4 Å². The summed E-state index contributed by atoms with van der Waals surface area (Å²) in [5, 5.41) is 5.55. The van der Waals surface area contributed by atoms with Crippen LogP contribution in [-0.4, -0.2) is 33.1 Å². The first-order chi connectivity index (χ1) is 11.9. The van der Waals surface area contributed by atoms with Gasteiger partial charge in [-0.1, -0.05) is 24.3 Å². The van der Waals surface area contributed by atoms with Crippen molar-refractivity contribution in [2.45, 2.75) is 12.5 Å². The smallest absolute Gasteiger partial charge is 0.319 e. The number of ether oxygens (including phenoxy) is 1. The van der Waals surface area contributed by atoms with E-state index in [4.69, 9.17) is 4.74 Å². The minimum absolute atomic E-state index is 0.0722. The zero-order chi connectivity index (χ0) is 17.9. The molecule has 0 bridgehead atoms. The van der Waals surface area contributed by atoms with Gasteiger partial charge in [-0.2, -0.15) is 0 Å². The van der Waals surface area contributed by atoms with Crippen LogP contribution in [0, 0.1) is 0 Å². The molecule has 2 aromatic carbocycles. The Morgan fingerprint density at radius 1 is 1.08 bits per heavy atom. The van der Waals surface area contributed by atoms with E-state index in [1.54, 1.807) is 19.2 Å². The van der Waals surface area contributed by atoms with Crippen LogP contribution in [0.25, 0.3) is 0 Å². The highest BCUT2D eigenvalue weighted by atomic mass is 32.2. The number of hydrogen-bond acceptors (Lipinski definition) is 4. The molecule has 2 amide bonds. The summed E-state index contributed by atoms with van der Waals surface area (Å²) in [7, 11) is -1.23. The Balaban J connectivity index is 1.49. The van der Waals surface area contributed by atoms with Crippen molar-refractivity contribution < 1.29 is 17.9 Å². The Bertz CT molecular complexity index is 834. The van der Waals surface area contributed by atoms with E-state index >= 15 is 0 Å². The average Bonchev–Trinajstić information content (AvgIpc) is 2.59. The van der Waals surface area contributed by atoms with E-state index < -0.39 is 9.84 Å². The first-order valence-corrected chi connectivity index (χ1v) is 9.75. The number of methoxy groups -OCH3 is 1. The molecule has 1 heterocycles. The molecule has 1 aliphatic rings. The Morgan fingerprint density at radius 2 is 1.72 bits per heavy atom. The fourth-order valence-corrected chi connectivity index (χ4v) is 4.21. The molecule has 25 heavy (non-hydrogen) atoms. The predicted octanol–water partition coefficient (Wildman–Crippen LogP) is 2.53. The molecule has 0 atom stereocenters. The molecule has 3 rings (SSSR count). The number of anilines is 1. The maximum atomic E-state index is 12.0. The number of nitrogens with one attached hydrogen (secondary N) is 2. The van der Waals surface area contributed by atoms with Gasteiger partial charge in [-0.15, -0.1) is 0 Å². The minimum Gasteiger partial charge on any atom is -0.497 e. The Morgan fingerprint density at radius 3 is 2.28 bits per heavy atom. The molecule has 0 aliphatic carbocycles. The SMILES string of the molecule is COc1ccc(CNC(=O)Nc2ccc(C3CS(=O)(=O)C3)cc2)cc1. The molecule has 1 fully saturated rings. The van der Waals surface area contributed by atoms with Crippen molar-refractivity contribution >= 4 is 21.6 Å². The molecule has 0 saturated carbocycles. The Hall–Kier alpha value is -2.54. The molecule has 2 aromatic rings. The van der Waals surface area contributed by atoms with Crippen LogP contribution >= 0.6 is 0 Å². The molecule has 0 unspecified atom stereocenters. The van der Waals surface area contributed by atoms with Crippen molar-refractivity contribution in [2.24, 2.45) is 0 Å². The van der Waals surface area contributed by atoms with E-state index in [0.717, 1.165) is 16.9 Å². The monoisotopic (exact) mass is 360 g/mol. The number of urea groups is 1. The number of carbonyl (C=O) groups excluding carboxylic acids is 1. The highest BCUT2D eigenvalue weighted by Gasteiger charge is 2.34. The lowest BCUT2D eigenvalue weighted by Gasteiger charge is -2.26. The number of benzene rings is 2. The van der Waals surface area contributed by atoms with Gasteiger partial charge < -0.3 is 15.4 Å². The summed E-state index contributed by atoms with van der Waals surface area (Å²) in [5.41, 5.74) is 2.62. The van der Waals surface area contributed by atoms with Crippen molar-refractivity contribution in [2.75, 3.05) is 23.9 Å². The van der Waals surface area contributed by atoms with Gasteiger partial charge >= 0.3 is 6.03 Å². The van der Waals surface area contributed by atoms with E-state index in [0.29, 0.717) is 12.2 Å². The molecule has 7 heteroatoms.